The van der Waals surface area contributed by atoms with E-state index in [1.165, 1.54) is 6.33 Å². The van der Waals surface area contributed by atoms with Crippen molar-refractivity contribution in [3.63, 3.8) is 0 Å². The summed E-state index contributed by atoms with van der Waals surface area (Å²) in [5.74, 6) is 0.301. The zero-order valence-electron chi connectivity index (χ0n) is 7.90. The van der Waals surface area contributed by atoms with Crippen LogP contribution in [0, 0.1) is 0 Å². The van der Waals surface area contributed by atoms with E-state index in [0.717, 1.165) is 13.2 Å². The Morgan fingerprint density at radius 1 is 1.15 bits per heavy atom. The van der Waals surface area contributed by atoms with Gasteiger partial charge >= 0.3 is 0 Å². The topological polar surface area (TPSA) is 99.9 Å². The van der Waals surface area contributed by atoms with E-state index in [-0.39, 0.29) is 11.9 Å². The van der Waals surface area contributed by atoms with Crippen LogP contribution in [0.2, 0.25) is 0 Å². The molecule has 0 spiro atoms. The van der Waals surface area contributed by atoms with Gasteiger partial charge in [0, 0.05) is 13.2 Å². The van der Waals surface area contributed by atoms with Crippen molar-refractivity contribution in [3.05, 3.63) is 6.33 Å². The van der Waals surface area contributed by atoms with Gasteiger partial charge in [0.15, 0.2) is 0 Å². The van der Waals surface area contributed by atoms with Crippen LogP contribution < -0.4 is 11.5 Å². The molecule has 0 bridgehead atoms. The van der Waals surface area contributed by atoms with Crippen molar-refractivity contribution in [1.29, 1.82) is 0 Å². The summed E-state index contributed by atoms with van der Waals surface area (Å²) in [4.78, 5) is 10.5. The molecule has 0 fully saturated rings. The van der Waals surface area contributed by atoms with Crippen LogP contribution in [0.25, 0.3) is 0 Å². The van der Waals surface area contributed by atoms with Crippen molar-refractivity contribution < 1.29 is 4.74 Å². The number of ether oxygens (including phenoxy) is 1. The van der Waals surface area contributed by atoms with Gasteiger partial charge in [-0.2, -0.15) is 4.98 Å². The maximum absolute atomic E-state index is 5.12. The zero-order chi connectivity index (χ0) is 10.1. The molecule has 74 valence electrons. The number of hydrogen-bond donors (Lipinski definition) is 2. The summed E-state index contributed by atoms with van der Waals surface area (Å²) in [7, 11) is 0. The maximum atomic E-state index is 5.12. The molecule has 0 aliphatic heterocycles. The molecule has 0 aliphatic rings. The Kier molecular flexibility index (Phi) is 6.44. The minimum atomic E-state index is 0.150. The Hall–Kier alpha value is -1.43. The van der Waals surface area contributed by atoms with E-state index < -0.39 is 0 Å². The molecule has 1 aromatic heterocycles. The molecule has 0 saturated heterocycles. The van der Waals surface area contributed by atoms with Crippen LogP contribution in [-0.2, 0) is 4.74 Å². The third-order valence-electron chi connectivity index (χ3n) is 1.02. The first-order valence-corrected chi connectivity index (χ1v) is 3.98. The van der Waals surface area contributed by atoms with Gasteiger partial charge in [0.1, 0.15) is 6.33 Å². The SMILES string of the molecule is CCOCC.Nc1ncnc(N)n1. The summed E-state index contributed by atoms with van der Waals surface area (Å²) >= 11 is 0. The lowest BCUT2D eigenvalue weighted by atomic mass is 10.8. The maximum Gasteiger partial charge on any atom is 0.224 e. The molecular weight excluding hydrogens is 170 g/mol. The molecule has 0 unspecified atom stereocenters. The summed E-state index contributed by atoms with van der Waals surface area (Å²) in [5.41, 5.74) is 10.2. The lowest BCUT2D eigenvalue weighted by Gasteiger charge is -1.88. The van der Waals surface area contributed by atoms with E-state index in [9.17, 15) is 0 Å². The predicted molar refractivity (Wildman–Crippen MR) is 50.8 cm³/mol. The Morgan fingerprint density at radius 3 is 1.77 bits per heavy atom. The average Bonchev–Trinajstić information content (AvgIpc) is 2.06. The van der Waals surface area contributed by atoms with Crippen LogP contribution in [0.1, 0.15) is 13.8 Å². The molecule has 0 aromatic carbocycles. The second-order valence-corrected chi connectivity index (χ2v) is 1.98. The minimum absolute atomic E-state index is 0.150. The highest BCUT2D eigenvalue weighted by molar-refractivity contribution is 5.22. The first kappa shape index (κ1) is 11.6. The van der Waals surface area contributed by atoms with Crippen molar-refractivity contribution in [3.8, 4) is 0 Å². The van der Waals surface area contributed by atoms with Gasteiger partial charge in [-0.3, -0.25) is 0 Å². The van der Waals surface area contributed by atoms with Crippen molar-refractivity contribution in [2.75, 3.05) is 24.7 Å². The summed E-state index contributed by atoms with van der Waals surface area (Å²) in [6.45, 7) is 5.67. The van der Waals surface area contributed by atoms with E-state index in [1.54, 1.807) is 0 Å². The van der Waals surface area contributed by atoms with Gasteiger partial charge in [-0.25, -0.2) is 9.97 Å². The number of aromatic nitrogens is 3. The smallest absolute Gasteiger partial charge is 0.224 e. The molecule has 0 amide bonds. The van der Waals surface area contributed by atoms with Crippen LogP contribution in [0.5, 0.6) is 0 Å². The van der Waals surface area contributed by atoms with E-state index in [1.807, 2.05) is 13.8 Å². The Labute approximate surface area is 77.3 Å². The van der Waals surface area contributed by atoms with Crippen molar-refractivity contribution in [2.45, 2.75) is 13.8 Å². The van der Waals surface area contributed by atoms with Crippen molar-refractivity contribution in [1.82, 2.24) is 15.0 Å². The second kappa shape index (κ2) is 7.23. The quantitative estimate of drug-likeness (QED) is 0.676. The van der Waals surface area contributed by atoms with Gasteiger partial charge < -0.3 is 16.2 Å². The van der Waals surface area contributed by atoms with Gasteiger partial charge in [0.2, 0.25) is 11.9 Å². The third kappa shape index (κ3) is 6.95. The first-order valence-electron chi connectivity index (χ1n) is 3.98. The van der Waals surface area contributed by atoms with Crippen LogP contribution >= 0.6 is 0 Å². The van der Waals surface area contributed by atoms with Crippen molar-refractivity contribution >= 4 is 11.9 Å². The monoisotopic (exact) mass is 185 g/mol. The van der Waals surface area contributed by atoms with Crippen LogP contribution in [0.3, 0.4) is 0 Å². The van der Waals surface area contributed by atoms with Gasteiger partial charge in [0.05, 0.1) is 0 Å². The molecule has 0 saturated carbocycles. The van der Waals surface area contributed by atoms with Crippen molar-refractivity contribution in [2.24, 2.45) is 0 Å². The fourth-order valence-electron chi connectivity index (χ4n) is 0.526. The lowest BCUT2D eigenvalue weighted by Crippen LogP contribution is -2.00. The number of nitrogens with two attached hydrogens (primary N) is 2. The molecule has 0 aliphatic carbocycles. The third-order valence-corrected chi connectivity index (χ3v) is 1.02. The Bertz CT molecular complexity index is 211. The normalized spacial score (nSPS) is 8.77. The fourth-order valence-corrected chi connectivity index (χ4v) is 0.526. The molecule has 0 radical (unpaired) electrons. The molecule has 1 aromatic rings. The molecule has 6 nitrogen and oxygen atoms in total. The van der Waals surface area contributed by atoms with E-state index in [0.29, 0.717) is 0 Å². The molecule has 1 rings (SSSR count). The highest BCUT2D eigenvalue weighted by Gasteiger charge is 1.86. The number of hydrogen-bond acceptors (Lipinski definition) is 6. The van der Waals surface area contributed by atoms with Crippen LogP contribution in [0.4, 0.5) is 11.9 Å². The van der Waals surface area contributed by atoms with Gasteiger partial charge in [0.25, 0.3) is 0 Å². The summed E-state index contributed by atoms with van der Waals surface area (Å²) in [6.07, 6.45) is 1.26. The highest BCUT2D eigenvalue weighted by Crippen LogP contribution is 1.88. The predicted octanol–water partition coefficient (Wildman–Crippen LogP) is 0.0788. The molecule has 6 heteroatoms. The van der Waals surface area contributed by atoms with E-state index in [4.69, 9.17) is 16.2 Å². The number of rotatable bonds is 2. The summed E-state index contributed by atoms with van der Waals surface area (Å²) in [6, 6.07) is 0. The van der Waals surface area contributed by atoms with E-state index >= 15 is 0 Å². The highest BCUT2D eigenvalue weighted by atomic mass is 16.5. The van der Waals surface area contributed by atoms with Gasteiger partial charge in [-0.15, -0.1) is 0 Å². The Morgan fingerprint density at radius 2 is 1.62 bits per heavy atom. The Balaban J connectivity index is 0.000000252. The molecule has 4 N–H and O–H groups in total. The molecule has 0 atom stereocenters. The zero-order valence-corrected chi connectivity index (χ0v) is 7.90. The fraction of sp³-hybridized carbons (Fsp3) is 0.571. The first-order chi connectivity index (χ1) is 6.20. The number of nitrogen functional groups attached to an aromatic ring is 2. The molecular formula is C7H15N5O. The van der Waals surface area contributed by atoms with Gasteiger partial charge in [-0.05, 0) is 13.8 Å². The second-order valence-electron chi connectivity index (χ2n) is 1.98. The van der Waals surface area contributed by atoms with Crippen LogP contribution in [-0.4, -0.2) is 28.2 Å². The minimum Gasteiger partial charge on any atom is -0.382 e. The largest absolute Gasteiger partial charge is 0.382 e. The number of nitrogens with zero attached hydrogens (tertiary/aromatic N) is 3. The van der Waals surface area contributed by atoms with E-state index in [2.05, 4.69) is 15.0 Å². The number of anilines is 2. The lowest BCUT2D eigenvalue weighted by molar-refractivity contribution is 0.162. The molecule has 13 heavy (non-hydrogen) atoms. The average molecular weight is 185 g/mol. The van der Waals surface area contributed by atoms with Crippen LogP contribution in [0.15, 0.2) is 6.33 Å². The standard InChI is InChI=1S/C4H10O.C3H5N5/c1-3-5-4-2;4-2-6-1-7-3(5)8-2/h3-4H2,1-2H3;1H,(H4,4,5,6,7,8). The summed E-state index contributed by atoms with van der Waals surface area (Å²) in [5, 5.41) is 0. The summed E-state index contributed by atoms with van der Waals surface area (Å²) < 4.78 is 4.83. The van der Waals surface area contributed by atoms with Gasteiger partial charge in [-0.1, -0.05) is 0 Å². The molecule has 1 heterocycles.